The number of sulfone groups is 1. The van der Waals surface area contributed by atoms with Gasteiger partial charge < -0.3 is 5.32 Å². The van der Waals surface area contributed by atoms with E-state index in [2.05, 4.69) is 10.4 Å². The van der Waals surface area contributed by atoms with Crippen molar-refractivity contribution >= 4 is 21.4 Å². The summed E-state index contributed by atoms with van der Waals surface area (Å²) >= 11 is 0. The Hall–Kier alpha value is -3.26. The predicted molar refractivity (Wildman–Crippen MR) is 110 cm³/mol. The minimum absolute atomic E-state index is 0.0801. The lowest BCUT2D eigenvalue weighted by Gasteiger charge is -2.11. The van der Waals surface area contributed by atoms with E-state index in [-0.39, 0.29) is 9.92 Å². The average Bonchev–Trinajstić information content (AvgIpc) is 2.70. The molecule has 7 nitrogen and oxygen atoms in total. The molecule has 0 fully saturated rings. The maximum Gasteiger partial charge on any atom is 0.267 e. The summed E-state index contributed by atoms with van der Waals surface area (Å²) in [5.41, 5.74) is 1.83. The standard InChI is InChI=1S/C21H21N3O4S/c1-3-16-8-4-5-10-18(16)22-19(25)14-24-21(26)12-11-20(23-24)29(27,28)17-9-6-7-15(2)13-17/h4-13H,3,14H2,1-2H3,(H,22,25). The monoisotopic (exact) mass is 411 g/mol. The highest BCUT2D eigenvalue weighted by Crippen LogP contribution is 2.19. The lowest BCUT2D eigenvalue weighted by atomic mass is 10.1. The van der Waals surface area contributed by atoms with Crippen LogP contribution < -0.4 is 10.9 Å². The van der Waals surface area contributed by atoms with Crippen LogP contribution in [0, 0.1) is 6.92 Å². The number of aromatic nitrogens is 2. The van der Waals surface area contributed by atoms with Crippen LogP contribution in [0.3, 0.4) is 0 Å². The molecule has 8 heteroatoms. The highest BCUT2D eigenvalue weighted by molar-refractivity contribution is 7.91. The number of hydrogen-bond donors (Lipinski definition) is 1. The molecule has 0 aliphatic heterocycles. The summed E-state index contributed by atoms with van der Waals surface area (Å²) in [5, 5.41) is 6.39. The maximum atomic E-state index is 12.8. The first-order valence-corrected chi connectivity index (χ1v) is 10.6. The average molecular weight is 411 g/mol. The first-order valence-electron chi connectivity index (χ1n) is 9.09. The molecule has 0 radical (unpaired) electrons. The molecular weight excluding hydrogens is 390 g/mol. The Morgan fingerprint density at radius 1 is 1.07 bits per heavy atom. The normalized spacial score (nSPS) is 11.2. The molecule has 150 valence electrons. The topological polar surface area (TPSA) is 98.1 Å². The van der Waals surface area contributed by atoms with Gasteiger partial charge in [-0.25, -0.2) is 13.1 Å². The molecule has 0 aliphatic carbocycles. The Kier molecular flexibility index (Phi) is 5.93. The number of rotatable bonds is 6. The molecule has 1 N–H and O–H groups in total. The van der Waals surface area contributed by atoms with Crippen LogP contribution in [-0.2, 0) is 27.6 Å². The number of hydrogen-bond acceptors (Lipinski definition) is 5. The number of para-hydroxylation sites is 1. The number of amides is 1. The smallest absolute Gasteiger partial charge is 0.267 e. The second kappa shape index (κ2) is 8.40. The predicted octanol–water partition coefficient (Wildman–Crippen LogP) is 2.59. The van der Waals surface area contributed by atoms with Crippen molar-refractivity contribution in [1.82, 2.24) is 9.78 Å². The first-order chi connectivity index (χ1) is 13.8. The van der Waals surface area contributed by atoms with Crippen LogP contribution in [-0.4, -0.2) is 24.1 Å². The van der Waals surface area contributed by atoms with Crippen LogP contribution in [0.25, 0.3) is 0 Å². The Balaban J connectivity index is 1.88. The Labute approximate surface area is 168 Å². The fourth-order valence-electron chi connectivity index (χ4n) is 2.87. The summed E-state index contributed by atoms with van der Waals surface area (Å²) < 4.78 is 26.5. The number of nitrogens with one attached hydrogen (secondary N) is 1. The van der Waals surface area contributed by atoms with E-state index in [1.165, 1.54) is 12.1 Å². The van der Waals surface area contributed by atoms with Gasteiger partial charge in [0, 0.05) is 11.8 Å². The molecule has 0 bridgehead atoms. The first kappa shape index (κ1) is 20.5. The van der Waals surface area contributed by atoms with Gasteiger partial charge in [0.2, 0.25) is 15.7 Å². The van der Waals surface area contributed by atoms with Crippen LogP contribution in [0.2, 0.25) is 0 Å². The van der Waals surface area contributed by atoms with Crippen molar-refractivity contribution in [2.75, 3.05) is 5.32 Å². The SMILES string of the molecule is CCc1ccccc1NC(=O)Cn1nc(S(=O)(=O)c2cccc(C)c2)ccc1=O. The zero-order chi connectivity index (χ0) is 21.0. The van der Waals surface area contributed by atoms with Crippen molar-refractivity contribution in [3.8, 4) is 0 Å². The van der Waals surface area contributed by atoms with Crippen molar-refractivity contribution in [2.24, 2.45) is 0 Å². The summed E-state index contributed by atoms with van der Waals surface area (Å²) in [6.07, 6.45) is 0.735. The van der Waals surface area contributed by atoms with Gasteiger partial charge in [-0.2, -0.15) is 5.10 Å². The van der Waals surface area contributed by atoms with E-state index >= 15 is 0 Å². The van der Waals surface area contributed by atoms with Crippen LogP contribution in [0.1, 0.15) is 18.1 Å². The molecule has 0 saturated heterocycles. The van der Waals surface area contributed by atoms with E-state index < -0.39 is 27.8 Å². The number of nitrogens with zero attached hydrogens (tertiary/aromatic N) is 2. The largest absolute Gasteiger partial charge is 0.324 e. The van der Waals surface area contributed by atoms with E-state index in [4.69, 9.17) is 0 Å². The van der Waals surface area contributed by atoms with Gasteiger partial charge in [0.1, 0.15) is 6.54 Å². The van der Waals surface area contributed by atoms with Crippen LogP contribution in [0.4, 0.5) is 5.69 Å². The third-order valence-electron chi connectivity index (χ3n) is 4.38. The summed E-state index contributed by atoms with van der Waals surface area (Å²) in [6.45, 7) is 3.36. The highest BCUT2D eigenvalue weighted by Gasteiger charge is 2.21. The molecule has 3 rings (SSSR count). The fourth-order valence-corrected chi connectivity index (χ4v) is 4.16. The van der Waals surface area contributed by atoms with Crippen LogP contribution in [0.15, 0.2) is 75.4 Å². The summed E-state index contributed by atoms with van der Waals surface area (Å²) in [7, 11) is -3.91. The summed E-state index contributed by atoms with van der Waals surface area (Å²) in [5.74, 6) is -0.467. The molecule has 3 aromatic rings. The third-order valence-corrected chi connectivity index (χ3v) is 6.03. The lowest BCUT2D eigenvalue weighted by molar-refractivity contribution is -0.117. The van der Waals surface area contributed by atoms with Crippen molar-refractivity contribution in [1.29, 1.82) is 0 Å². The number of aryl methyl sites for hydroxylation is 2. The number of carbonyl (C=O) groups excluding carboxylic acids is 1. The number of anilines is 1. The second-order valence-electron chi connectivity index (χ2n) is 6.55. The van der Waals surface area contributed by atoms with Gasteiger partial charge in [-0.05, 0) is 48.7 Å². The number of carbonyl (C=O) groups is 1. The lowest BCUT2D eigenvalue weighted by Crippen LogP contribution is -2.30. The van der Waals surface area contributed by atoms with Crippen molar-refractivity contribution in [2.45, 2.75) is 36.7 Å². The molecule has 2 aromatic carbocycles. The zero-order valence-corrected chi connectivity index (χ0v) is 16.9. The summed E-state index contributed by atoms with van der Waals surface area (Å²) in [4.78, 5) is 24.6. The molecule has 29 heavy (non-hydrogen) atoms. The van der Waals surface area contributed by atoms with E-state index in [1.54, 1.807) is 31.2 Å². The van der Waals surface area contributed by atoms with Gasteiger partial charge in [-0.1, -0.05) is 37.3 Å². The van der Waals surface area contributed by atoms with Gasteiger partial charge >= 0.3 is 0 Å². The van der Waals surface area contributed by atoms with Gasteiger partial charge in [0.25, 0.3) is 5.56 Å². The Morgan fingerprint density at radius 3 is 2.55 bits per heavy atom. The van der Waals surface area contributed by atoms with Crippen molar-refractivity contribution in [3.05, 3.63) is 82.1 Å². The molecule has 0 saturated carbocycles. The van der Waals surface area contributed by atoms with Crippen molar-refractivity contribution < 1.29 is 13.2 Å². The van der Waals surface area contributed by atoms with Gasteiger partial charge in [0.05, 0.1) is 4.90 Å². The fraction of sp³-hybridized carbons (Fsp3) is 0.190. The van der Waals surface area contributed by atoms with E-state index in [0.29, 0.717) is 5.69 Å². The van der Waals surface area contributed by atoms with E-state index in [0.717, 1.165) is 34.4 Å². The molecular formula is C21H21N3O4S. The quantitative estimate of drug-likeness (QED) is 0.672. The third kappa shape index (κ3) is 4.60. The van der Waals surface area contributed by atoms with Crippen LogP contribution in [0.5, 0.6) is 0 Å². The minimum Gasteiger partial charge on any atom is -0.324 e. The zero-order valence-electron chi connectivity index (χ0n) is 16.1. The second-order valence-corrected chi connectivity index (χ2v) is 8.44. The molecule has 1 amide bonds. The molecule has 0 atom stereocenters. The van der Waals surface area contributed by atoms with Gasteiger partial charge in [0.15, 0.2) is 5.03 Å². The molecule has 0 spiro atoms. The number of benzene rings is 2. The molecule has 0 aliphatic rings. The van der Waals surface area contributed by atoms with Gasteiger partial charge in [-0.3, -0.25) is 9.59 Å². The van der Waals surface area contributed by atoms with Crippen molar-refractivity contribution in [3.63, 3.8) is 0 Å². The summed E-state index contributed by atoms with van der Waals surface area (Å²) in [6, 6.07) is 16.0. The van der Waals surface area contributed by atoms with Gasteiger partial charge in [-0.15, -0.1) is 0 Å². The van der Waals surface area contributed by atoms with E-state index in [1.807, 2.05) is 19.1 Å². The Bertz CT molecular complexity index is 1220. The molecule has 1 aromatic heterocycles. The highest BCUT2D eigenvalue weighted by atomic mass is 32.2. The Morgan fingerprint density at radius 2 is 1.83 bits per heavy atom. The molecule has 0 unspecified atom stereocenters. The molecule has 1 heterocycles. The minimum atomic E-state index is -3.91. The van der Waals surface area contributed by atoms with E-state index in [9.17, 15) is 18.0 Å². The van der Waals surface area contributed by atoms with Crippen LogP contribution >= 0.6 is 0 Å². The maximum absolute atomic E-state index is 12.8.